The van der Waals surface area contributed by atoms with E-state index in [1.165, 1.54) is 70.9 Å². The Labute approximate surface area is 115 Å². The Morgan fingerprint density at radius 1 is 0.706 bits per heavy atom. The summed E-state index contributed by atoms with van der Waals surface area (Å²) < 4.78 is 1.14. The van der Waals surface area contributed by atoms with E-state index in [1.54, 1.807) is 0 Å². The second-order valence-electron chi connectivity index (χ2n) is 5.93. The van der Waals surface area contributed by atoms with Gasteiger partial charge >= 0.3 is 0 Å². The zero-order chi connectivity index (χ0) is 13.0. The van der Waals surface area contributed by atoms with Gasteiger partial charge in [-0.25, -0.2) is 0 Å². The second-order valence-corrected chi connectivity index (χ2v) is 6.38. The summed E-state index contributed by atoms with van der Waals surface area (Å²) >= 11 is 4.32. The molecule has 0 heterocycles. The summed E-state index contributed by atoms with van der Waals surface area (Å²) in [6, 6.07) is 0. The predicted molar refractivity (Wildman–Crippen MR) is 82.9 cm³/mol. The molecular formula is C15H34NS+. The Kier molecular flexibility index (Phi) is 11.6. The molecule has 0 N–H and O–H groups in total. The van der Waals surface area contributed by atoms with Crippen molar-refractivity contribution in [1.82, 2.24) is 0 Å². The van der Waals surface area contributed by atoms with Crippen molar-refractivity contribution in [3.05, 3.63) is 0 Å². The molecule has 0 aromatic heterocycles. The van der Waals surface area contributed by atoms with Gasteiger partial charge in [-0.1, -0.05) is 51.9 Å². The molecule has 0 aliphatic carbocycles. The first kappa shape index (κ1) is 17.3. The van der Waals surface area contributed by atoms with Crippen LogP contribution in [-0.2, 0) is 0 Å². The van der Waals surface area contributed by atoms with Crippen molar-refractivity contribution in [3.63, 3.8) is 0 Å². The van der Waals surface area contributed by atoms with Gasteiger partial charge in [0.2, 0.25) is 0 Å². The molecular weight excluding hydrogens is 226 g/mol. The summed E-state index contributed by atoms with van der Waals surface area (Å²) in [5.41, 5.74) is 0. The molecule has 17 heavy (non-hydrogen) atoms. The van der Waals surface area contributed by atoms with Crippen LogP contribution in [0.15, 0.2) is 0 Å². The summed E-state index contributed by atoms with van der Waals surface area (Å²) in [5.74, 6) is 1.00. The van der Waals surface area contributed by atoms with Crippen LogP contribution in [0, 0.1) is 0 Å². The number of quaternary nitrogens is 1. The number of hydrogen-bond acceptors (Lipinski definition) is 1. The van der Waals surface area contributed by atoms with Gasteiger partial charge in [0.05, 0.1) is 27.2 Å². The third-order valence-corrected chi connectivity index (χ3v) is 3.77. The SMILES string of the molecule is CCCCCCCCCCC[N+](C)(C)CCS. The normalized spacial score (nSPS) is 12.0. The second kappa shape index (κ2) is 11.4. The van der Waals surface area contributed by atoms with Crippen molar-refractivity contribution in [2.45, 2.75) is 64.7 Å². The molecule has 0 aromatic rings. The van der Waals surface area contributed by atoms with Crippen molar-refractivity contribution in [2.75, 3.05) is 32.9 Å². The Morgan fingerprint density at radius 2 is 1.18 bits per heavy atom. The van der Waals surface area contributed by atoms with Crippen LogP contribution < -0.4 is 0 Å². The highest BCUT2D eigenvalue weighted by Gasteiger charge is 2.12. The van der Waals surface area contributed by atoms with Crippen molar-refractivity contribution < 1.29 is 4.48 Å². The van der Waals surface area contributed by atoms with E-state index in [4.69, 9.17) is 0 Å². The van der Waals surface area contributed by atoms with E-state index in [0.29, 0.717) is 0 Å². The lowest BCUT2D eigenvalue weighted by Crippen LogP contribution is -2.41. The van der Waals surface area contributed by atoms with Crippen molar-refractivity contribution in [3.8, 4) is 0 Å². The van der Waals surface area contributed by atoms with Crippen molar-refractivity contribution >= 4 is 12.6 Å². The van der Waals surface area contributed by atoms with Gasteiger partial charge in [0, 0.05) is 5.75 Å². The van der Waals surface area contributed by atoms with E-state index in [0.717, 1.165) is 10.2 Å². The lowest BCUT2D eigenvalue weighted by molar-refractivity contribution is -0.888. The van der Waals surface area contributed by atoms with Crippen LogP contribution in [0.2, 0.25) is 0 Å². The van der Waals surface area contributed by atoms with Crippen LogP contribution in [0.5, 0.6) is 0 Å². The average Bonchev–Trinajstić information content (AvgIpc) is 2.27. The molecule has 104 valence electrons. The monoisotopic (exact) mass is 260 g/mol. The molecule has 1 nitrogen and oxygen atoms in total. The molecule has 0 saturated carbocycles. The quantitative estimate of drug-likeness (QED) is 0.298. The summed E-state index contributed by atoms with van der Waals surface area (Å²) in [7, 11) is 4.64. The van der Waals surface area contributed by atoms with Gasteiger partial charge in [-0.15, -0.1) is 0 Å². The summed E-state index contributed by atoms with van der Waals surface area (Å²) in [6.45, 7) is 4.79. The van der Waals surface area contributed by atoms with E-state index in [-0.39, 0.29) is 0 Å². The van der Waals surface area contributed by atoms with Crippen molar-refractivity contribution in [2.24, 2.45) is 0 Å². The fourth-order valence-electron chi connectivity index (χ4n) is 2.23. The zero-order valence-electron chi connectivity index (χ0n) is 12.4. The number of thiol groups is 1. The van der Waals surface area contributed by atoms with E-state index < -0.39 is 0 Å². The molecule has 2 heteroatoms. The van der Waals surface area contributed by atoms with Crippen LogP contribution >= 0.6 is 12.6 Å². The Hall–Kier alpha value is 0.310. The highest BCUT2D eigenvalue weighted by molar-refractivity contribution is 7.80. The molecule has 0 aliphatic heterocycles. The minimum atomic E-state index is 1.00. The molecule has 0 rings (SSSR count). The van der Waals surface area contributed by atoms with E-state index in [2.05, 4.69) is 33.6 Å². The van der Waals surface area contributed by atoms with Crippen LogP contribution in [0.3, 0.4) is 0 Å². The van der Waals surface area contributed by atoms with E-state index in [1.807, 2.05) is 0 Å². The standard InChI is InChI=1S/C15H33NS/c1-4-5-6-7-8-9-10-11-12-13-16(2,3)14-15-17/h4-15H2,1-3H3/p+1. The molecule has 0 saturated heterocycles. The van der Waals surface area contributed by atoms with Gasteiger partial charge in [-0.05, 0) is 12.8 Å². The maximum atomic E-state index is 4.32. The van der Waals surface area contributed by atoms with Gasteiger partial charge < -0.3 is 4.48 Å². The maximum absolute atomic E-state index is 4.32. The summed E-state index contributed by atoms with van der Waals surface area (Å²) in [4.78, 5) is 0. The fourth-order valence-corrected chi connectivity index (χ4v) is 2.77. The lowest BCUT2D eigenvalue weighted by atomic mass is 10.1. The van der Waals surface area contributed by atoms with Gasteiger partial charge in [0.1, 0.15) is 0 Å². The highest BCUT2D eigenvalue weighted by Crippen LogP contribution is 2.10. The third kappa shape index (κ3) is 12.6. The van der Waals surface area contributed by atoms with Gasteiger partial charge in [0.15, 0.2) is 0 Å². The molecule has 0 spiro atoms. The molecule has 0 atom stereocenters. The number of unbranched alkanes of at least 4 members (excludes halogenated alkanes) is 8. The first-order valence-corrected chi connectivity index (χ1v) is 8.18. The molecule has 0 radical (unpaired) electrons. The fraction of sp³-hybridized carbons (Fsp3) is 1.00. The Balaban J connectivity index is 3.18. The first-order chi connectivity index (χ1) is 8.12. The third-order valence-electron chi connectivity index (χ3n) is 3.57. The van der Waals surface area contributed by atoms with E-state index in [9.17, 15) is 0 Å². The Morgan fingerprint density at radius 3 is 1.65 bits per heavy atom. The topological polar surface area (TPSA) is 0 Å². The van der Waals surface area contributed by atoms with Crippen LogP contribution in [0.4, 0.5) is 0 Å². The largest absolute Gasteiger partial charge is 0.328 e. The predicted octanol–water partition coefficient (Wildman–Crippen LogP) is 4.52. The van der Waals surface area contributed by atoms with Crippen molar-refractivity contribution in [1.29, 1.82) is 0 Å². The smallest absolute Gasteiger partial charge is 0.0871 e. The lowest BCUT2D eigenvalue weighted by Gasteiger charge is -2.29. The molecule has 0 fully saturated rings. The maximum Gasteiger partial charge on any atom is 0.0871 e. The number of nitrogens with zero attached hydrogens (tertiary/aromatic N) is 1. The zero-order valence-corrected chi connectivity index (χ0v) is 13.3. The van der Waals surface area contributed by atoms with Gasteiger partial charge in [0.25, 0.3) is 0 Å². The summed E-state index contributed by atoms with van der Waals surface area (Å²) in [6.07, 6.45) is 12.8. The van der Waals surface area contributed by atoms with E-state index >= 15 is 0 Å². The molecule has 0 amide bonds. The van der Waals surface area contributed by atoms with Crippen LogP contribution in [-0.4, -0.2) is 37.4 Å². The Bertz CT molecular complexity index is 157. The number of rotatable bonds is 12. The minimum absolute atomic E-state index is 1.00. The highest BCUT2D eigenvalue weighted by atomic mass is 32.1. The minimum Gasteiger partial charge on any atom is -0.328 e. The molecule has 0 bridgehead atoms. The average molecular weight is 261 g/mol. The molecule has 0 aromatic carbocycles. The van der Waals surface area contributed by atoms with Crippen LogP contribution in [0.25, 0.3) is 0 Å². The molecule has 0 unspecified atom stereocenters. The van der Waals surface area contributed by atoms with Gasteiger partial charge in [-0.3, -0.25) is 0 Å². The summed E-state index contributed by atoms with van der Waals surface area (Å²) in [5, 5.41) is 0. The van der Waals surface area contributed by atoms with Gasteiger partial charge in [-0.2, -0.15) is 12.6 Å². The number of hydrogen-bond donors (Lipinski definition) is 1. The molecule has 0 aliphatic rings. The van der Waals surface area contributed by atoms with Crippen LogP contribution in [0.1, 0.15) is 64.7 Å². The first-order valence-electron chi connectivity index (χ1n) is 7.55.